The highest BCUT2D eigenvalue weighted by Crippen LogP contribution is 2.17. The molecule has 2 rings (SSSR count). The van der Waals surface area contributed by atoms with Crippen LogP contribution in [0.15, 0.2) is 0 Å². The molecule has 0 aromatic carbocycles. The highest BCUT2D eigenvalue weighted by atomic mass is 16.5. The third-order valence-corrected chi connectivity index (χ3v) is 5.04. The van der Waals surface area contributed by atoms with Gasteiger partial charge in [-0.3, -0.25) is 4.90 Å². The molecule has 4 nitrogen and oxygen atoms in total. The summed E-state index contributed by atoms with van der Waals surface area (Å²) in [7, 11) is 4.56. The van der Waals surface area contributed by atoms with Crippen LogP contribution in [-0.2, 0) is 4.74 Å². The minimum absolute atomic E-state index is 0.585. The van der Waals surface area contributed by atoms with Gasteiger partial charge in [0, 0.05) is 31.7 Å². The van der Waals surface area contributed by atoms with Gasteiger partial charge >= 0.3 is 0 Å². The third kappa shape index (κ3) is 4.99. The minimum atomic E-state index is 0.585. The number of likely N-dealkylation sites (N-methyl/N-ethyl adjacent to an activating group) is 1. The summed E-state index contributed by atoms with van der Waals surface area (Å²) >= 11 is 0. The lowest BCUT2D eigenvalue weighted by atomic mass is 10.00. The first-order valence-corrected chi connectivity index (χ1v) is 8.37. The van der Waals surface area contributed by atoms with Gasteiger partial charge in [-0.15, -0.1) is 0 Å². The fourth-order valence-electron chi connectivity index (χ4n) is 3.38. The number of likely N-dealkylation sites (tertiary alicyclic amines) is 1. The first-order chi connectivity index (χ1) is 9.66. The zero-order chi connectivity index (χ0) is 14.4. The number of ether oxygens (including phenoxy) is 1. The summed E-state index contributed by atoms with van der Waals surface area (Å²) in [5.41, 5.74) is 0. The molecule has 0 aliphatic carbocycles. The van der Waals surface area contributed by atoms with Crippen LogP contribution in [0, 0.1) is 0 Å². The number of morpholine rings is 1. The van der Waals surface area contributed by atoms with Gasteiger partial charge in [-0.1, -0.05) is 6.42 Å². The Bertz CT molecular complexity index is 248. The van der Waals surface area contributed by atoms with E-state index in [1.807, 2.05) is 0 Å². The molecule has 2 fully saturated rings. The monoisotopic (exact) mass is 283 g/mol. The van der Waals surface area contributed by atoms with Crippen molar-refractivity contribution in [2.24, 2.45) is 0 Å². The van der Waals surface area contributed by atoms with Gasteiger partial charge in [0.2, 0.25) is 0 Å². The van der Waals surface area contributed by atoms with Crippen LogP contribution in [0.2, 0.25) is 0 Å². The molecule has 4 heteroatoms. The second-order valence-corrected chi connectivity index (χ2v) is 6.68. The van der Waals surface area contributed by atoms with Crippen LogP contribution in [-0.4, -0.2) is 86.8 Å². The van der Waals surface area contributed by atoms with Crippen LogP contribution < -0.4 is 0 Å². The maximum absolute atomic E-state index is 5.50. The molecule has 2 atom stereocenters. The molecule has 2 aliphatic rings. The largest absolute Gasteiger partial charge is 0.379 e. The molecule has 0 spiro atoms. The molecule has 0 aromatic heterocycles. The molecule has 0 radical (unpaired) electrons. The second kappa shape index (κ2) is 8.32. The molecule has 0 saturated carbocycles. The normalized spacial score (nSPS) is 30.0. The van der Waals surface area contributed by atoms with Gasteiger partial charge in [0.15, 0.2) is 0 Å². The zero-order valence-electron chi connectivity index (χ0n) is 13.7. The van der Waals surface area contributed by atoms with E-state index < -0.39 is 0 Å². The predicted octanol–water partition coefficient (Wildman–Crippen LogP) is 1.51. The Kier molecular flexibility index (Phi) is 6.75. The molecule has 0 aromatic rings. The average Bonchev–Trinajstić information content (AvgIpc) is 2.45. The summed E-state index contributed by atoms with van der Waals surface area (Å²) in [6.45, 7) is 10.1. The lowest BCUT2D eigenvalue weighted by Crippen LogP contribution is -2.46. The topological polar surface area (TPSA) is 19.0 Å². The summed E-state index contributed by atoms with van der Waals surface area (Å²) in [4.78, 5) is 7.62. The van der Waals surface area contributed by atoms with Crippen LogP contribution >= 0.6 is 0 Å². The quantitative estimate of drug-likeness (QED) is 0.735. The van der Waals surface area contributed by atoms with E-state index in [0.29, 0.717) is 6.04 Å². The van der Waals surface area contributed by atoms with Crippen molar-refractivity contribution in [2.75, 3.05) is 60.0 Å². The fourth-order valence-corrected chi connectivity index (χ4v) is 3.38. The summed E-state index contributed by atoms with van der Waals surface area (Å²) in [6.07, 6.45) is 5.53. The van der Waals surface area contributed by atoms with Crippen molar-refractivity contribution in [3.63, 3.8) is 0 Å². The molecule has 2 heterocycles. The minimum Gasteiger partial charge on any atom is -0.379 e. The van der Waals surface area contributed by atoms with Crippen molar-refractivity contribution >= 4 is 0 Å². The second-order valence-electron chi connectivity index (χ2n) is 6.68. The summed E-state index contributed by atoms with van der Waals surface area (Å²) in [5, 5.41) is 0. The van der Waals surface area contributed by atoms with E-state index in [1.54, 1.807) is 0 Å². The first-order valence-electron chi connectivity index (χ1n) is 8.37. The van der Waals surface area contributed by atoms with Gasteiger partial charge in [0.1, 0.15) is 0 Å². The lowest BCUT2D eigenvalue weighted by Gasteiger charge is -2.35. The Morgan fingerprint density at radius 2 is 2.05 bits per heavy atom. The van der Waals surface area contributed by atoms with E-state index in [4.69, 9.17) is 4.74 Å². The zero-order valence-corrected chi connectivity index (χ0v) is 13.7. The maximum Gasteiger partial charge on any atom is 0.0619 e. The molecule has 118 valence electrons. The number of hydrogen-bond donors (Lipinski definition) is 0. The van der Waals surface area contributed by atoms with E-state index in [2.05, 4.69) is 35.7 Å². The highest BCUT2D eigenvalue weighted by Gasteiger charge is 2.20. The Labute approximate surface area is 125 Å². The van der Waals surface area contributed by atoms with E-state index >= 15 is 0 Å². The number of rotatable bonds is 6. The van der Waals surface area contributed by atoms with Crippen LogP contribution in [0.4, 0.5) is 0 Å². The maximum atomic E-state index is 5.50. The Hall–Kier alpha value is -0.160. The summed E-state index contributed by atoms with van der Waals surface area (Å²) in [5.74, 6) is 0. The fraction of sp³-hybridized carbons (Fsp3) is 1.00. The Morgan fingerprint density at radius 1 is 1.20 bits per heavy atom. The molecule has 2 saturated heterocycles. The highest BCUT2D eigenvalue weighted by molar-refractivity contribution is 4.76. The number of piperidine rings is 1. The van der Waals surface area contributed by atoms with Gasteiger partial charge in [0.25, 0.3) is 0 Å². The van der Waals surface area contributed by atoms with Gasteiger partial charge in [-0.25, -0.2) is 0 Å². The summed E-state index contributed by atoms with van der Waals surface area (Å²) < 4.78 is 5.50. The van der Waals surface area contributed by atoms with Crippen LogP contribution in [0.3, 0.4) is 0 Å². The van der Waals surface area contributed by atoms with Crippen molar-refractivity contribution in [3.05, 3.63) is 0 Å². The molecule has 0 bridgehead atoms. The van der Waals surface area contributed by atoms with Gasteiger partial charge in [-0.2, -0.15) is 0 Å². The van der Waals surface area contributed by atoms with Crippen molar-refractivity contribution in [1.82, 2.24) is 14.7 Å². The van der Waals surface area contributed by atoms with Crippen molar-refractivity contribution in [1.29, 1.82) is 0 Å². The molecule has 0 amide bonds. The van der Waals surface area contributed by atoms with Gasteiger partial charge in [-0.05, 0) is 53.4 Å². The summed E-state index contributed by atoms with van der Waals surface area (Å²) in [6, 6.07) is 1.40. The molecule has 0 N–H and O–H groups in total. The Balaban J connectivity index is 1.61. The molecule has 0 unspecified atom stereocenters. The molecule has 20 heavy (non-hydrogen) atoms. The number of hydrogen-bond acceptors (Lipinski definition) is 4. The van der Waals surface area contributed by atoms with Crippen LogP contribution in [0.25, 0.3) is 0 Å². The van der Waals surface area contributed by atoms with Gasteiger partial charge in [0.05, 0.1) is 13.2 Å². The predicted molar refractivity (Wildman–Crippen MR) is 84.2 cm³/mol. The van der Waals surface area contributed by atoms with Crippen molar-refractivity contribution in [2.45, 2.75) is 44.7 Å². The van der Waals surface area contributed by atoms with E-state index in [9.17, 15) is 0 Å². The number of nitrogens with zero attached hydrogens (tertiary/aromatic N) is 3. The molecular weight excluding hydrogens is 250 g/mol. The van der Waals surface area contributed by atoms with Gasteiger partial charge < -0.3 is 14.5 Å². The lowest BCUT2D eigenvalue weighted by molar-refractivity contribution is -0.00336. The first kappa shape index (κ1) is 16.2. The van der Waals surface area contributed by atoms with Crippen LogP contribution in [0.1, 0.15) is 32.6 Å². The van der Waals surface area contributed by atoms with E-state index in [0.717, 1.165) is 25.8 Å². The van der Waals surface area contributed by atoms with Crippen molar-refractivity contribution in [3.8, 4) is 0 Å². The Morgan fingerprint density at radius 3 is 2.80 bits per heavy atom. The average molecular weight is 283 g/mol. The molecule has 2 aliphatic heterocycles. The smallest absolute Gasteiger partial charge is 0.0619 e. The molecular formula is C16H33N3O. The standard InChI is InChI=1S/C16H33N3O/c1-15-14-20-13-12-19(15)11-10-17(2)9-7-16-6-4-5-8-18(16)3/h15-16H,4-14H2,1-3H3/t15-,16-/m0/s1. The van der Waals surface area contributed by atoms with E-state index in [-0.39, 0.29) is 0 Å². The third-order valence-electron chi connectivity index (χ3n) is 5.04. The SMILES string of the molecule is C[C@H]1COCCN1CCN(C)CC[C@@H]1CCCCN1C. The van der Waals surface area contributed by atoms with Crippen LogP contribution in [0.5, 0.6) is 0 Å². The van der Waals surface area contributed by atoms with Crippen molar-refractivity contribution < 1.29 is 4.74 Å². The van der Waals surface area contributed by atoms with E-state index in [1.165, 1.54) is 51.9 Å².